The van der Waals surface area contributed by atoms with Crippen LogP contribution in [0.15, 0.2) is 68.3 Å². The Morgan fingerprint density at radius 1 is 1.03 bits per heavy atom. The van der Waals surface area contributed by atoms with Crippen LogP contribution in [0.2, 0.25) is 10.0 Å². The van der Waals surface area contributed by atoms with Crippen molar-refractivity contribution in [3.63, 3.8) is 0 Å². The fourth-order valence-electron chi connectivity index (χ4n) is 3.02. The van der Waals surface area contributed by atoms with Crippen molar-refractivity contribution >= 4 is 62.1 Å². The van der Waals surface area contributed by atoms with Gasteiger partial charge in [0.2, 0.25) is 0 Å². The van der Waals surface area contributed by atoms with Crippen LogP contribution in [0.3, 0.4) is 0 Å². The molecule has 0 unspecified atom stereocenters. The fraction of sp³-hybridized carbons (Fsp3) is 0.0455. The van der Waals surface area contributed by atoms with Crippen LogP contribution in [0, 0.1) is 0 Å². The molecule has 6 nitrogen and oxygen atoms in total. The maximum Gasteiger partial charge on any atom is 0.139 e. The molecule has 3 heterocycles. The number of hydrogen-bond donors (Lipinski definition) is 2. The number of hydrogen-bond acceptors (Lipinski definition) is 6. The average molecular weight is 438 g/mol. The molecule has 4 rings (SSSR count). The number of aromatic nitrogens is 3. The Morgan fingerprint density at radius 3 is 2.47 bits per heavy atom. The summed E-state index contributed by atoms with van der Waals surface area (Å²) in [6.07, 6.45) is 8.60. The molecule has 0 fully saturated rings. The molecule has 4 aromatic rings. The van der Waals surface area contributed by atoms with Gasteiger partial charge >= 0.3 is 0 Å². The summed E-state index contributed by atoms with van der Waals surface area (Å²) >= 11 is 13.1. The molecule has 0 spiro atoms. The van der Waals surface area contributed by atoms with Gasteiger partial charge in [0.05, 0.1) is 33.6 Å². The predicted molar refractivity (Wildman–Crippen MR) is 123 cm³/mol. The molecule has 0 amide bonds. The molecule has 0 aliphatic heterocycles. The zero-order chi connectivity index (χ0) is 21.1. The first-order valence-electron chi connectivity index (χ1n) is 9.00. The lowest BCUT2D eigenvalue weighted by molar-refractivity contribution is 0.104. The Labute approximate surface area is 183 Å². The van der Waals surface area contributed by atoms with E-state index in [0.717, 1.165) is 21.7 Å². The number of anilines is 2. The molecule has 3 aromatic heterocycles. The third-order valence-corrected chi connectivity index (χ3v) is 5.02. The van der Waals surface area contributed by atoms with Gasteiger partial charge in [-0.1, -0.05) is 35.9 Å². The Hall–Kier alpha value is -3.19. The number of fused-ring (bicyclic) bond motifs is 3. The van der Waals surface area contributed by atoms with Crippen molar-refractivity contribution in [2.75, 3.05) is 11.9 Å². The summed E-state index contributed by atoms with van der Waals surface area (Å²) in [6, 6.07) is 7.22. The number of nitrogens with zero attached hydrogens (tertiary/aromatic N) is 3. The summed E-state index contributed by atoms with van der Waals surface area (Å²) in [5.41, 5.74) is 5.30. The van der Waals surface area contributed by atoms with Gasteiger partial charge in [-0.15, -0.1) is 6.58 Å². The normalized spacial score (nSPS) is 10.9. The van der Waals surface area contributed by atoms with Crippen molar-refractivity contribution in [3.05, 3.63) is 83.9 Å². The molecular formula is C22H17Cl2N5O. The number of hydroxylamine groups is 1. The summed E-state index contributed by atoms with van der Waals surface area (Å²) in [5, 5.41) is 6.84. The van der Waals surface area contributed by atoms with E-state index in [1.165, 1.54) is 0 Å². The van der Waals surface area contributed by atoms with E-state index in [4.69, 9.17) is 33.0 Å². The molecule has 0 radical (unpaired) electrons. The number of halogens is 2. The lowest BCUT2D eigenvalue weighted by Crippen LogP contribution is -2.12. The molecule has 1 aromatic carbocycles. The van der Waals surface area contributed by atoms with E-state index < -0.39 is 0 Å². The van der Waals surface area contributed by atoms with E-state index in [9.17, 15) is 0 Å². The van der Waals surface area contributed by atoms with Crippen LogP contribution >= 0.6 is 23.2 Å². The monoisotopic (exact) mass is 437 g/mol. The second kappa shape index (κ2) is 8.67. The summed E-state index contributed by atoms with van der Waals surface area (Å²) in [7, 11) is 0. The first kappa shape index (κ1) is 20.1. The zero-order valence-electron chi connectivity index (χ0n) is 15.8. The van der Waals surface area contributed by atoms with Crippen molar-refractivity contribution in [1.82, 2.24) is 20.4 Å². The first-order valence-corrected chi connectivity index (χ1v) is 9.75. The fourth-order valence-corrected chi connectivity index (χ4v) is 3.60. The average Bonchev–Trinajstić information content (AvgIpc) is 2.76. The smallest absolute Gasteiger partial charge is 0.139 e. The Bertz CT molecular complexity index is 1250. The van der Waals surface area contributed by atoms with Gasteiger partial charge in [0.15, 0.2) is 0 Å². The molecule has 0 saturated heterocycles. The van der Waals surface area contributed by atoms with Crippen LogP contribution in [0.4, 0.5) is 11.5 Å². The third-order valence-electron chi connectivity index (χ3n) is 4.43. The largest absolute Gasteiger partial charge is 0.337 e. The predicted octanol–water partition coefficient (Wildman–Crippen LogP) is 5.91. The van der Waals surface area contributed by atoms with Gasteiger partial charge in [-0.2, -0.15) is 0 Å². The van der Waals surface area contributed by atoms with Crippen LogP contribution in [0.25, 0.3) is 27.4 Å². The third kappa shape index (κ3) is 3.93. The van der Waals surface area contributed by atoms with E-state index in [2.05, 4.69) is 33.9 Å². The molecule has 0 saturated carbocycles. The minimum Gasteiger partial charge on any atom is -0.337 e. The molecule has 0 aliphatic carbocycles. The minimum atomic E-state index is 0.338. The Balaban J connectivity index is 1.73. The molecule has 2 N–H and O–H groups in total. The quantitative estimate of drug-likeness (QED) is 0.162. The van der Waals surface area contributed by atoms with Gasteiger partial charge in [0, 0.05) is 46.5 Å². The lowest BCUT2D eigenvalue weighted by atomic mass is 10.1. The van der Waals surface area contributed by atoms with Crippen LogP contribution in [0.5, 0.6) is 0 Å². The van der Waals surface area contributed by atoms with Crippen molar-refractivity contribution in [3.8, 4) is 0 Å². The van der Waals surface area contributed by atoms with Crippen molar-refractivity contribution < 1.29 is 4.84 Å². The molecular weight excluding hydrogens is 421 g/mol. The first-order chi connectivity index (χ1) is 14.6. The second-order valence-corrected chi connectivity index (χ2v) is 7.21. The van der Waals surface area contributed by atoms with Gasteiger partial charge in [0.25, 0.3) is 0 Å². The Morgan fingerprint density at radius 2 is 1.73 bits per heavy atom. The number of benzene rings is 1. The van der Waals surface area contributed by atoms with E-state index in [0.29, 0.717) is 39.4 Å². The van der Waals surface area contributed by atoms with Crippen LogP contribution < -0.4 is 10.8 Å². The minimum absolute atomic E-state index is 0.338. The molecule has 30 heavy (non-hydrogen) atoms. The van der Waals surface area contributed by atoms with Crippen molar-refractivity contribution in [2.24, 2.45) is 0 Å². The molecule has 150 valence electrons. The highest BCUT2D eigenvalue weighted by Crippen LogP contribution is 2.37. The molecule has 0 atom stereocenters. The van der Waals surface area contributed by atoms with Gasteiger partial charge in [0.1, 0.15) is 5.82 Å². The highest BCUT2D eigenvalue weighted by atomic mass is 35.5. The lowest BCUT2D eigenvalue weighted by Gasteiger charge is -2.16. The maximum atomic E-state index is 6.54. The summed E-state index contributed by atoms with van der Waals surface area (Å²) < 4.78 is 0. The zero-order valence-corrected chi connectivity index (χ0v) is 17.3. The highest BCUT2D eigenvalue weighted by Gasteiger charge is 2.14. The highest BCUT2D eigenvalue weighted by molar-refractivity contribution is 6.39. The van der Waals surface area contributed by atoms with Crippen molar-refractivity contribution in [2.45, 2.75) is 0 Å². The van der Waals surface area contributed by atoms with Gasteiger partial charge in [-0.3, -0.25) is 20.3 Å². The maximum absolute atomic E-state index is 6.54. The SMILES string of the molecule is C=CCONC(=C)c1cc(Cl)c(Nc2nc3ccncc3c3cnccc23)c(Cl)c1. The van der Waals surface area contributed by atoms with Gasteiger partial charge < -0.3 is 5.32 Å². The van der Waals surface area contributed by atoms with E-state index in [1.54, 1.807) is 43.0 Å². The van der Waals surface area contributed by atoms with Crippen LogP contribution in [0.1, 0.15) is 5.56 Å². The summed E-state index contributed by atoms with van der Waals surface area (Å²) in [4.78, 5) is 18.4. The number of nitrogens with one attached hydrogen (secondary N) is 2. The van der Waals surface area contributed by atoms with Crippen LogP contribution in [-0.4, -0.2) is 21.6 Å². The van der Waals surface area contributed by atoms with Crippen LogP contribution in [-0.2, 0) is 4.84 Å². The van der Waals surface area contributed by atoms with Gasteiger partial charge in [-0.05, 0) is 24.3 Å². The van der Waals surface area contributed by atoms with E-state index in [-0.39, 0.29) is 0 Å². The Kier molecular flexibility index (Phi) is 5.81. The van der Waals surface area contributed by atoms with E-state index >= 15 is 0 Å². The van der Waals surface area contributed by atoms with E-state index in [1.807, 2.05) is 12.1 Å². The second-order valence-electron chi connectivity index (χ2n) is 6.39. The number of pyridine rings is 3. The van der Waals surface area contributed by atoms with Crippen molar-refractivity contribution in [1.29, 1.82) is 0 Å². The van der Waals surface area contributed by atoms with Gasteiger partial charge in [-0.25, -0.2) is 4.98 Å². The topological polar surface area (TPSA) is 72.0 Å². The molecule has 0 aliphatic rings. The summed E-state index contributed by atoms with van der Waals surface area (Å²) in [6.45, 7) is 7.86. The summed E-state index contributed by atoms with van der Waals surface area (Å²) in [5.74, 6) is 0.619. The molecule has 0 bridgehead atoms. The number of rotatable bonds is 7. The standard InChI is InChI=1S/C22H17Cl2N5O/c1-3-8-30-29-13(2)14-9-18(23)21(19(24)10-14)28-22-15-4-6-25-11-16(15)17-12-26-7-5-20(17)27-22/h3-7,9-12,29H,1-2,8H2,(H,27,28). The molecule has 8 heteroatoms.